The van der Waals surface area contributed by atoms with Gasteiger partial charge < -0.3 is 15.4 Å². The van der Waals surface area contributed by atoms with Crippen LogP contribution in [0.3, 0.4) is 0 Å². The van der Waals surface area contributed by atoms with E-state index in [4.69, 9.17) is 10.8 Å². The lowest BCUT2D eigenvalue weighted by atomic mass is 10.4. The maximum Gasteiger partial charge on any atom is 0.222 e. The second-order valence-electron chi connectivity index (χ2n) is 1.38. The van der Waals surface area contributed by atoms with Crippen LogP contribution in [0.2, 0.25) is 0 Å². The highest BCUT2D eigenvalue weighted by molar-refractivity contribution is 5.23. The van der Waals surface area contributed by atoms with Gasteiger partial charge in [-0.05, 0) is 0 Å². The molecule has 0 amide bonds. The minimum Gasteiger partial charge on any atom is -0.390 e. The van der Waals surface area contributed by atoms with Gasteiger partial charge in [-0.2, -0.15) is 0 Å². The zero-order chi connectivity index (χ0) is 5.98. The number of rotatable bonds is 1. The molecule has 1 aromatic heterocycles. The van der Waals surface area contributed by atoms with E-state index in [1.807, 2.05) is 0 Å². The van der Waals surface area contributed by atoms with Crippen molar-refractivity contribution in [1.82, 2.24) is 5.16 Å². The van der Waals surface area contributed by atoms with Crippen molar-refractivity contribution in [2.75, 3.05) is 5.73 Å². The summed E-state index contributed by atoms with van der Waals surface area (Å²) < 4.78 is 4.42. The molecule has 1 aromatic rings. The molecule has 1 rings (SSSR count). The fourth-order valence-corrected chi connectivity index (χ4v) is 0.403. The fourth-order valence-electron chi connectivity index (χ4n) is 0.403. The Morgan fingerprint density at radius 1 is 1.88 bits per heavy atom. The predicted molar refractivity (Wildman–Crippen MR) is 26.8 cm³/mol. The van der Waals surface area contributed by atoms with Crippen LogP contribution in [0.25, 0.3) is 0 Å². The molecule has 0 bridgehead atoms. The highest BCUT2D eigenvalue weighted by Gasteiger charge is 1.95. The highest BCUT2D eigenvalue weighted by atomic mass is 16.5. The summed E-state index contributed by atoms with van der Waals surface area (Å²) in [6.45, 7) is -0.124. The topological polar surface area (TPSA) is 72.3 Å². The quantitative estimate of drug-likeness (QED) is 0.528. The second-order valence-corrected chi connectivity index (χ2v) is 1.38. The molecule has 3 N–H and O–H groups in total. The van der Waals surface area contributed by atoms with Gasteiger partial charge in [0.25, 0.3) is 0 Å². The molecule has 4 heteroatoms. The zero-order valence-corrected chi connectivity index (χ0v) is 4.16. The molecule has 0 aliphatic heterocycles. The zero-order valence-electron chi connectivity index (χ0n) is 4.16. The molecule has 0 atom stereocenters. The molecule has 0 aliphatic carbocycles. The van der Waals surface area contributed by atoms with E-state index in [0.29, 0.717) is 5.69 Å². The average Bonchev–Trinajstić information content (AvgIpc) is 2.14. The molecule has 0 aromatic carbocycles. The fraction of sp³-hybridized carbons (Fsp3) is 0.250. The Morgan fingerprint density at radius 2 is 2.62 bits per heavy atom. The van der Waals surface area contributed by atoms with Crippen molar-refractivity contribution in [1.29, 1.82) is 0 Å². The van der Waals surface area contributed by atoms with Gasteiger partial charge in [-0.3, -0.25) is 0 Å². The van der Waals surface area contributed by atoms with Crippen LogP contribution in [0.15, 0.2) is 10.6 Å². The van der Waals surface area contributed by atoms with Crippen molar-refractivity contribution in [3.8, 4) is 0 Å². The first-order valence-electron chi connectivity index (χ1n) is 2.15. The Labute approximate surface area is 45.9 Å². The van der Waals surface area contributed by atoms with Gasteiger partial charge in [0, 0.05) is 6.07 Å². The number of nitrogen functional groups attached to an aromatic ring is 1. The van der Waals surface area contributed by atoms with E-state index in [0.717, 1.165) is 0 Å². The molecular formula is C4H6N2O2. The minimum absolute atomic E-state index is 0.124. The first-order chi connectivity index (χ1) is 3.83. The summed E-state index contributed by atoms with van der Waals surface area (Å²) in [7, 11) is 0. The lowest BCUT2D eigenvalue weighted by Crippen LogP contribution is -1.79. The number of hydrogen-bond donors (Lipinski definition) is 2. The summed E-state index contributed by atoms with van der Waals surface area (Å²) in [5, 5.41) is 11.8. The number of aliphatic hydroxyl groups is 1. The van der Waals surface area contributed by atoms with Gasteiger partial charge in [0.2, 0.25) is 5.88 Å². The Bertz CT molecular complexity index is 172. The summed E-state index contributed by atoms with van der Waals surface area (Å²) in [6, 6.07) is 1.47. The molecule has 44 valence electrons. The van der Waals surface area contributed by atoms with Crippen LogP contribution >= 0.6 is 0 Å². The molecule has 1 heterocycles. The van der Waals surface area contributed by atoms with Gasteiger partial charge >= 0.3 is 0 Å². The van der Waals surface area contributed by atoms with Crippen LogP contribution in [0.4, 0.5) is 5.88 Å². The molecule has 0 aliphatic rings. The van der Waals surface area contributed by atoms with Gasteiger partial charge in [-0.15, -0.1) is 0 Å². The first kappa shape index (κ1) is 5.11. The van der Waals surface area contributed by atoms with Gasteiger partial charge in [0.05, 0.1) is 6.61 Å². The lowest BCUT2D eigenvalue weighted by molar-refractivity contribution is 0.267. The third kappa shape index (κ3) is 0.788. The molecular weight excluding hydrogens is 108 g/mol. The van der Waals surface area contributed by atoms with Crippen LogP contribution < -0.4 is 5.73 Å². The van der Waals surface area contributed by atoms with E-state index in [1.165, 1.54) is 6.07 Å². The van der Waals surface area contributed by atoms with Gasteiger partial charge in [-0.25, -0.2) is 0 Å². The minimum atomic E-state index is -0.124. The van der Waals surface area contributed by atoms with E-state index in [-0.39, 0.29) is 12.5 Å². The van der Waals surface area contributed by atoms with Crippen LogP contribution in [-0.2, 0) is 6.61 Å². The van der Waals surface area contributed by atoms with Crippen molar-refractivity contribution in [2.24, 2.45) is 0 Å². The number of hydrogen-bond acceptors (Lipinski definition) is 4. The largest absolute Gasteiger partial charge is 0.390 e. The van der Waals surface area contributed by atoms with Crippen LogP contribution in [0.5, 0.6) is 0 Å². The van der Waals surface area contributed by atoms with Crippen molar-refractivity contribution in [3.63, 3.8) is 0 Å². The van der Waals surface area contributed by atoms with E-state index < -0.39 is 0 Å². The molecule has 0 saturated heterocycles. The van der Waals surface area contributed by atoms with Gasteiger partial charge in [0.1, 0.15) is 5.69 Å². The van der Waals surface area contributed by atoms with E-state index in [9.17, 15) is 0 Å². The maximum absolute atomic E-state index is 8.37. The van der Waals surface area contributed by atoms with E-state index >= 15 is 0 Å². The maximum atomic E-state index is 8.37. The first-order valence-corrected chi connectivity index (χ1v) is 2.15. The standard InChI is InChI=1S/C4H6N2O2/c5-4-1-3(2-7)6-8-4/h1,7H,2,5H2. The van der Waals surface area contributed by atoms with Crippen molar-refractivity contribution >= 4 is 5.88 Å². The highest BCUT2D eigenvalue weighted by Crippen LogP contribution is 2.02. The number of aliphatic hydroxyl groups excluding tert-OH is 1. The number of nitrogens with two attached hydrogens (primary N) is 1. The summed E-state index contributed by atoms with van der Waals surface area (Å²) in [6.07, 6.45) is 0. The Balaban J connectivity index is 2.84. The molecule has 0 unspecified atom stereocenters. The Kier molecular flexibility index (Phi) is 1.17. The second kappa shape index (κ2) is 1.83. The number of nitrogens with zero attached hydrogens (tertiary/aromatic N) is 1. The Morgan fingerprint density at radius 3 is 2.88 bits per heavy atom. The normalized spacial score (nSPS) is 9.62. The molecule has 0 fully saturated rings. The lowest BCUT2D eigenvalue weighted by Gasteiger charge is -1.75. The Hall–Kier alpha value is -1.03. The van der Waals surface area contributed by atoms with Crippen LogP contribution in [-0.4, -0.2) is 10.3 Å². The molecule has 4 nitrogen and oxygen atoms in total. The molecule has 8 heavy (non-hydrogen) atoms. The monoisotopic (exact) mass is 114 g/mol. The average molecular weight is 114 g/mol. The van der Waals surface area contributed by atoms with Crippen LogP contribution in [0.1, 0.15) is 5.69 Å². The SMILES string of the molecule is Nc1cc(CO)no1. The van der Waals surface area contributed by atoms with Crippen LogP contribution in [0, 0.1) is 0 Å². The van der Waals surface area contributed by atoms with Gasteiger partial charge in [0.15, 0.2) is 0 Å². The summed E-state index contributed by atoms with van der Waals surface area (Å²) in [5.41, 5.74) is 5.57. The third-order valence-corrected chi connectivity index (χ3v) is 0.739. The molecule has 0 saturated carbocycles. The van der Waals surface area contributed by atoms with Crippen molar-refractivity contribution < 1.29 is 9.63 Å². The molecule has 0 radical (unpaired) electrons. The number of anilines is 1. The molecule has 0 spiro atoms. The van der Waals surface area contributed by atoms with Crippen molar-refractivity contribution in [3.05, 3.63) is 11.8 Å². The van der Waals surface area contributed by atoms with Gasteiger partial charge in [-0.1, -0.05) is 5.16 Å². The van der Waals surface area contributed by atoms with E-state index in [1.54, 1.807) is 0 Å². The smallest absolute Gasteiger partial charge is 0.222 e. The van der Waals surface area contributed by atoms with Crippen molar-refractivity contribution in [2.45, 2.75) is 6.61 Å². The summed E-state index contributed by atoms with van der Waals surface area (Å²) >= 11 is 0. The number of aromatic nitrogens is 1. The third-order valence-electron chi connectivity index (χ3n) is 0.739. The summed E-state index contributed by atoms with van der Waals surface area (Å²) in [5.74, 6) is 0.231. The predicted octanol–water partition coefficient (Wildman–Crippen LogP) is -0.251. The summed E-state index contributed by atoms with van der Waals surface area (Å²) in [4.78, 5) is 0. The van der Waals surface area contributed by atoms with E-state index in [2.05, 4.69) is 9.68 Å².